The number of nitrogens with zero attached hydrogens (tertiary/aromatic N) is 1. The van der Waals surface area contributed by atoms with Crippen LogP contribution in [0.4, 0.5) is 4.79 Å². The lowest BCUT2D eigenvalue weighted by atomic mass is 9.65. The standard InChI is InChI=1S/C28H41N3O8Si/c1-9-18(32)28(23(34)35,25(4,5)6)39-27(8)21(38-40)20(30-24(36)37-10-2)19(29)16(3)26(27,7)31-22(33)17-14-12-11-13-15-17/h11-15,21H,9-10,29H2,1-8,40H3,(H,31,33)(H,34,35). The molecule has 0 fully saturated rings. The second-order valence-corrected chi connectivity index (χ2v) is 11.5. The molecule has 0 spiro atoms. The zero-order chi connectivity index (χ0) is 30.7. The summed E-state index contributed by atoms with van der Waals surface area (Å²) in [6.45, 7) is 12.8. The summed E-state index contributed by atoms with van der Waals surface area (Å²) in [5.41, 5.74) is 0.175. The van der Waals surface area contributed by atoms with Gasteiger partial charge in [-0.05, 0) is 45.4 Å². The van der Waals surface area contributed by atoms with Crippen LogP contribution in [-0.2, 0) is 23.5 Å². The number of ketones is 1. The summed E-state index contributed by atoms with van der Waals surface area (Å²) >= 11 is 0. The van der Waals surface area contributed by atoms with Crippen molar-refractivity contribution in [2.24, 2.45) is 16.1 Å². The summed E-state index contributed by atoms with van der Waals surface area (Å²) in [6.07, 6.45) is -2.33. The molecule has 220 valence electrons. The summed E-state index contributed by atoms with van der Waals surface area (Å²) in [5.74, 6) is -2.68. The van der Waals surface area contributed by atoms with Gasteiger partial charge in [0.2, 0.25) is 5.60 Å². The van der Waals surface area contributed by atoms with Gasteiger partial charge in [0.15, 0.2) is 5.78 Å². The smallest absolute Gasteiger partial charge is 0.433 e. The lowest BCUT2D eigenvalue weighted by Crippen LogP contribution is -2.76. The molecule has 12 heteroatoms. The number of hydrogen-bond acceptors (Lipinski definition) is 8. The third-order valence-electron chi connectivity index (χ3n) is 7.72. The number of nitrogens with one attached hydrogen (secondary N) is 1. The topological polar surface area (TPSA) is 167 Å². The van der Waals surface area contributed by atoms with E-state index in [1.54, 1.807) is 78.8 Å². The molecule has 1 aromatic rings. The van der Waals surface area contributed by atoms with Crippen molar-refractivity contribution in [1.29, 1.82) is 0 Å². The van der Waals surface area contributed by atoms with E-state index in [-0.39, 0.29) is 34.9 Å². The van der Waals surface area contributed by atoms with Gasteiger partial charge in [-0.25, -0.2) is 9.59 Å². The maximum absolute atomic E-state index is 13.5. The van der Waals surface area contributed by atoms with Crippen LogP contribution in [0, 0.1) is 5.41 Å². The number of rotatable bonds is 9. The third kappa shape index (κ3) is 5.47. The number of aliphatic carboxylic acids is 1. The summed E-state index contributed by atoms with van der Waals surface area (Å²) in [4.78, 5) is 56.6. The number of carbonyl (C=O) groups excluding carboxylic acids is 3. The molecule has 2 amide bonds. The van der Waals surface area contributed by atoms with Crippen molar-refractivity contribution < 1.29 is 38.2 Å². The van der Waals surface area contributed by atoms with Crippen LogP contribution < -0.4 is 11.1 Å². The first-order valence-corrected chi connectivity index (χ1v) is 13.9. The Bertz CT molecular complexity index is 1230. The first-order chi connectivity index (χ1) is 18.5. The number of carbonyl (C=O) groups is 4. The van der Waals surface area contributed by atoms with Crippen molar-refractivity contribution in [3.05, 3.63) is 47.2 Å². The molecule has 11 nitrogen and oxygen atoms in total. The number of amides is 2. The third-order valence-corrected chi connectivity index (χ3v) is 8.19. The quantitative estimate of drug-likeness (QED) is 0.296. The predicted octanol–water partition coefficient (Wildman–Crippen LogP) is 2.31. The number of benzene rings is 1. The fraction of sp³-hybridized carbons (Fsp3) is 0.536. The van der Waals surface area contributed by atoms with E-state index in [2.05, 4.69) is 10.3 Å². The number of nitrogens with two attached hydrogens (primary N) is 1. The van der Waals surface area contributed by atoms with Crippen LogP contribution in [0.1, 0.15) is 72.2 Å². The Morgan fingerprint density at radius 3 is 2.15 bits per heavy atom. The molecule has 0 bridgehead atoms. The highest BCUT2D eigenvalue weighted by Gasteiger charge is 2.67. The molecule has 1 aliphatic carbocycles. The summed E-state index contributed by atoms with van der Waals surface area (Å²) in [5, 5.41) is 13.6. The zero-order valence-electron chi connectivity index (χ0n) is 24.7. The Morgan fingerprint density at radius 2 is 1.70 bits per heavy atom. The van der Waals surface area contributed by atoms with Crippen molar-refractivity contribution in [2.75, 3.05) is 6.61 Å². The van der Waals surface area contributed by atoms with Gasteiger partial charge in [-0.2, -0.15) is 4.99 Å². The molecule has 4 atom stereocenters. The lowest BCUT2D eigenvalue weighted by molar-refractivity contribution is -0.236. The molecule has 0 aliphatic heterocycles. The van der Waals surface area contributed by atoms with Gasteiger partial charge in [-0.3, -0.25) is 9.59 Å². The maximum Gasteiger partial charge on any atom is 0.433 e. The highest BCUT2D eigenvalue weighted by atomic mass is 28.2. The van der Waals surface area contributed by atoms with Crippen LogP contribution in [-0.4, -0.2) is 74.5 Å². The van der Waals surface area contributed by atoms with E-state index < -0.39 is 52.0 Å². The van der Waals surface area contributed by atoms with E-state index in [1.807, 2.05) is 0 Å². The number of carboxylic acid groups (broad SMARTS) is 1. The fourth-order valence-corrected chi connectivity index (χ4v) is 5.82. The van der Waals surface area contributed by atoms with Gasteiger partial charge in [-0.1, -0.05) is 45.9 Å². The van der Waals surface area contributed by atoms with Crippen LogP contribution in [0.5, 0.6) is 0 Å². The second-order valence-electron chi connectivity index (χ2n) is 11.0. The minimum absolute atomic E-state index is 0.0444. The van der Waals surface area contributed by atoms with Gasteiger partial charge in [0.25, 0.3) is 5.91 Å². The van der Waals surface area contributed by atoms with Crippen LogP contribution in [0.2, 0.25) is 0 Å². The SMILES string of the molecule is CCOC(=O)N=C1C(N)=C(C)C(C)(NC(=O)c2ccccc2)C(C)(OC(C(=O)O)(C(=O)CC)C(C)(C)C)C1O[SiH3]. The van der Waals surface area contributed by atoms with Crippen molar-refractivity contribution in [2.45, 2.75) is 84.7 Å². The Labute approximate surface area is 238 Å². The van der Waals surface area contributed by atoms with Crippen LogP contribution in [0.25, 0.3) is 0 Å². The molecule has 0 radical (unpaired) electrons. The van der Waals surface area contributed by atoms with E-state index in [0.717, 1.165) is 0 Å². The molecule has 1 aromatic carbocycles. The number of ether oxygens (including phenoxy) is 2. The number of carboxylic acids is 1. The second kappa shape index (κ2) is 12.0. The summed E-state index contributed by atoms with van der Waals surface area (Å²) in [7, 11) is 0.0684. The average molecular weight is 576 g/mol. The zero-order valence-corrected chi connectivity index (χ0v) is 26.7. The van der Waals surface area contributed by atoms with E-state index >= 15 is 0 Å². The minimum Gasteiger partial charge on any atom is -0.479 e. The van der Waals surface area contributed by atoms with Crippen molar-refractivity contribution in [3.8, 4) is 0 Å². The van der Waals surface area contributed by atoms with Crippen molar-refractivity contribution in [1.82, 2.24) is 5.32 Å². The molecule has 0 saturated carbocycles. The summed E-state index contributed by atoms with van der Waals surface area (Å²) in [6, 6.07) is 8.41. The van der Waals surface area contributed by atoms with E-state index in [4.69, 9.17) is 19.6 Å². The van der Waals surface area contributed by atoms with E-state index in [9.17, 15) is 24.3 Å². The molecular formula is C28H41N3O8Si. The van der Waals surface area contributed by atoms with Crippen molar-refractivity contribution in [3.63, 3.8) is 0 Å². The lowest BCUT2D eigenvalue weighted by Gasteiger charge is -2.57. The highest BCUT2D eigenvalue weighted by Crippen LogP contribution is 2.49. The minimum atomic E-state index is -2.38. The maximum atomic E-state index is 13.5. The molecule has 0 saturated heterocycles. The first-order valence-electron chi connectivity index (χ1n) is 13.1. The van der Waals surface area contributed by atoms with Gasteiger partial charge < -0.3 is 30.1 Å². The predicted molar refractivity (Wildman–Crippen MR) is 153 cm³/mol. The molecule has 40 heavy (non-hydrogen) atoms. The monoisotopic (exact) mass is 575 g/mol. The molecule has 0 aromatic heterocycles. The van der Waals surface area contributed by atoms with E-state index in [1.165, 1.54) is 6.92 Å². The summed E-state index contributed by atoms with van der Waals surface area (Å²) < 4.78 is 17.6. The molecule has 1 aliphatic rings. The van der Waals surface area contributed by atoms with Gasteiger partial charge in [0.05, 0.1) is 17.8 Å². The van der Waals surface area contributed by atoms with Crippen LogP contribution in [0.3, 0.4) is 0 Å². The molecule has 0 heterocycles. The Morgan fingerprint density at radius 1 is 1.12 bits per heavy atom. The first kappa shape index (κ1) is 32.9. The number of Topliss-reactive ketones (excluding diaryl/α,β-unsaturated/α-hetero) is 1. The normalized spacial score (nSPS) is 25.8. The van der Waals surface area contributed by atoms with Crippen LogP contribution in [0.15, 0.2) is 46.6 Å². The van der Waals surface area contributed by atoms with Gasteiger partial charge in [0, 0.05) is 17.4 Å². The van der Waals surface area contributed by atoms with Crippen molar-refractivity contribution >= 4 is 40.0 Å². The Hall–Kier alpha value is -3.35. The van der Waals surface area contributed by atoms with Gasteiger partial charge in [0.1, 0.15) is 27.9 Å². The molecular weight excluding hydrogens is 534 g/mol. The largest absolute Gasteiger partial charge is 0.479 e. The highest BCUT2D eigenvalue weighted by molar-refractivity contribution is 6.13. The Balaban J connectivity index is 2.99. The number of hydrogen-bond donors (Lipinski definition) is 3. The van der Waals surface area contributed by atoms with E-state index in [0.29, 0.717) is 11.1 Å². The fourth-order valence-electron chi connectivity index (χ4n) is 5.15. The molecule has 4 unspecified atom stereocenters. The van der Waals surface area contributed by atoms with Gasteiger partial charge >= 0.3 is 12.1 Å². The Kier molecular flexibility index (Phi) is 9.88. The van der Waals surface area contributed by atoms with Crippen LogP contribution >= 0.6 is 0 Å². The number of aliphatic imine (C=N–C) groups is 1. The molecule has 2 rings (SSSR count). The average Bonchev–Trinajstić information content (AvgIpc) is 2.89. The molecule has 4 N–H and O–H groups in total. The van der Waals surface area contributed by atoms with Gasteiger partial charge in [-0.15, -0.1) is 0 Å².